The molecule has 3 nitrogen and oxygen atoms in total. The molecule has 0 saturated heterocycles. The molecule has 0 fully saturated rings. The van der Waals surface area contributed by atoms with Crippen LogP contribution in [-0.2, 0) is 6.42 Å². The molecule has 2 N–H and O–H groups in total. The molecule has 0 aliphatic heterocycles. The van der Waals surface area contributed by atoms with E-state index in [0.717, 1.165) is 22.7 Å². The molecule has 4 heteroatoms. The Hall–Kier alpha value is -1.26. The van der Waals surface area contributed by atoms with Crippen LogP contribution >= 0.6 is 11.3 Å². The minimum absolute atomic E-state index is 0.629. The van der Waals surface area contributed by atoms with Gasteiger partial charge in [0.25, 0.3) is 0 Å². The molecule has 0 atom stereocenters. The molecule has 2 rings (SSSR count). The topological polar surface area (TPSA) is 51.8 Å². The van der Waals surface area contributed by atoms with E-state index in [2.05, 4.69) is 9.97 Å². The summed E-state index contributed by atoms with van der Waals surface area (Å²) in [4.78, 5) is 9.71. The second kappa shape index (κ2) is 4.30. The zero-order chi connectivity index (χ0) is 9.80. The van der Waals surface area contributed by atoms with Gasteiger partial charge in [0.05, 0.1) is 21.8 Å². The van der Waals surface area contributed by atoms with Gasteiger partial charge in [0.15, 0.2) is 0 Å². The van der Waals surface area contributed by atoms with Crippen molar-refractivity contribution < 1.29 is 0 Å². The maximum absolute atomic E-state index is 5.51. The summed E-state index contributed by atoms with van der Waals surface area (Å²) in [6.07, 6.45) is 2.61. The van der Waals surface area contributed by atoms with Gasteiger partial charge in [0.2, 0.25) is 0 Å². The van der Waals surface area contributed by atoms with Gasteiger partial charge in [-0.05, 0) is 18.7 Å². The van der Waals surface area contributed by atoms with E-state index in [-0.39, 0.29) is 0 Å². The maximum Gasteiger partial charge on any atom is 0.0820 e. The second-order valence-corrected chi connectivity index (χ2v) is 3.74. The van der Waals surface area contributed by atoms with E-state index in [1.807, 2.05) is 23.7 Å². The van der Waals surface area contributed by atoms with Gasteiger partial charge < -0.3 is 5.73 Å². The van der Waals surface area contributed by atoms with Crippen molar-refractivity contribution in [3.63, 3.8) is 0 Å². The molecule has 0 saturated carbocycles. The highest BCUT2D eigenvalue weighted by molar-refractivity contribution is 7.13. The first-order valence-corrected chi connectivity index (χ1v) is 5.33. The summed E-state index contributed by atoms with van der Waals surface area (Å²) in [6.45, 7) is 0.629. The first kappa shape index (κ1) is 9.30. The zero-order valence-electron chi connectivity index (χ0n) is 7.68. The Balaban J connectivity index is 2.37. The predicted molar refractivity (Wildman–Crippen MR) is 58.1 cm³/mol. The first-order valence-electron chi connectivity index (χ1n) is 4.45. The normalized spacial score (nSPS) is 10.4. The van der Waals surface area contributed by atoms with E-state index in [1.165, 1.54) is 0 Å². The summed E-state index contributed by atoms with van der Waals surface area (Å²) in [6, 6.07) is 5.88. The highest BCUT2D eigenvalue weighted by atomic mass is 32.1. The van der Waals surface area contributed by atoms with Crippen molar-refractivity contribution in [1.29, 1.82) is 0 Å². The van der Waals surface area contributed by atoms with Gasteiger partial charge in [-0.3, -0.25) is 4.98 Å². The van der Waals surface area contributed by atoms with Crippen molar-refractivity contribution in [1.82, 2.24) is 9.97 Å². The summed E-state index contributed by atoms with van der Waals surface area (Å²) in [5.74, 6) is 0. The summed E-state index contributed by atoms with van der Waals surface area (Å²) < 4.78 is 0. The van der Waals surface area contributed by atoms with Crippen LogP contribution in [0.2, 0.25) is 0 Å². The first-order chi connectivity index (χ1) is 6.92. The third-order valence-electron chi connectivity index (χ3n) is 1.92. The second-order valence-electron chi connectivity index (χ2n) is 2.88. The average molecular weight is 205 g/mol. The predicted octanol–water partition coefficient (Wildman–Crippen LogP) is 1.71. The van der Waals surface area contributed by atoms with Crippen LogP contribution < -0.4 is 5.73 Å². The number of nitrogens with two attached hydrogens (primary N) is 1. The van der Waals surface area contributed by atoms with E-state index in [9.17, 15) is 0 Å². The fourth-order valence-corrected chi connectivity index (χ4v) is 2.11. The van der Waals surface area contributed by atoms with Gasteiger partial charge in [-0.1, -0.05) is 6.07 Å². The Morgan fingerprint density at radius 3 is 2.93 bits per heavy atom. The van der Waals surface area contributed by atoms with E-state index in [0.29, 0.717) is 6.54 Å². The van der Waals surface area contributed by atoms with Crippen LogP contribution in [0.25, 0.3) is 10.6 Å². The summed E-state index contributed by atoms with van der Waals surface area (Å²) in [7, 11) is 0. The molecule has 0 radical (unpaired) electrons. The van der Waals surface area contributed by atoms with Gasteiger partial charge in [-0.2, -0.15) is 0 Å². The van der Waals surface area contributed by atoms with Crippen LogP contribution in [0.4, 0.5) is 0 Å². The van der Waals surface area contributed by atoms with Crippen molar-refractivity contribution in [3.05, 3.63) is 35.6 Å². The molecule has 72 valence electrons. The fourth-order valence-electron chi connectivity index (χ4n) is 1.29. The zero-order valence-corrected chi connectivity index (χ0v) is 8.50. The number of pyridine rings is 1. The molecule has 0 aliphatic carbocycles. The number of hydrogen-bond donors (Lipinski definition) is 1. The molecule has 2 aromatic heterocycles. The van der Waals surface area contributed by atoms with Crippen molar-refractivity contribution in [3.8, 4) is 10.6 Å². The quantitative estimate of drug-likeness (QED) is 0.829. The number of rotatable bonds is 3. The van der Waals surface area contributed by atoms with Crippen LogP contribution in [-0.4, -0.2) is 16.5 Å². The van der Waals surface area contributed by atoms with E-state index >= 15 is 0 Å². The third-order valence-corrected chi connectivity index (χ3v) is 2.81. The van der Waals surface area contributed by atoms with E-state index < -0.39 is 0 Å². The Bertz CT molecular complexity index is 397. The molecular formula is C10H11N3S. The lowest BCUT2D eigenvalue weighted by Crippen LogP contribution is -2.03. The molecule has 0 amide bonds. The molecule has 0 aliphatic rings. The smallest absolute Gasteiger partial charge is 0.0820 e. The Labute approximate surface area is 86.6 Å². The lowest BCUT2D eigenvalue weighted by molar-refractivity contribution is 0.936. The molecule has 0 bridgehead atoms. The Morgan fingerprint density at radius 1 is 1.29 bits per heavy atom. The van der Waals surface area contributed by atoms with E-state index in [1.54, 1.807) is 17.5 Å². The van der Waals surface area contributed by atoms with Crippen molar-refractivity contribution in [2.45, 2.75) is 6.42 Å². The molecule has 0 unspecified atom stereocenters. The SMILES string of the molecule is NCCc1ncsc1-c1ccccn1. The van der Waals surface area contributed by atoms with Crippen molar-refractivity contribution in [2.24, 2.45) is 5.73 Å². The van der Waals surface area contributed by atoms with E-state index in [4.69, 9.17) is 5.73 Å². The molecule has 0 spiro atoms. The monoisotopic (exact) mass is 205 g/mol. The lowest BCUT2D eigenvalue weighted by atomic mass is 10.2. The minimum Gasteiger partial charge on any atom is -0.330 e. The lowest BCUT2D eigenvalue weighted by Gasteiger charge is -1.99. The number of thiazole rings is 1. The van der Waals surface area contributed by atoms with Gasteiger partial charge >= 0.3 is 0 Å². The molecule has 14 heavy (non-hydrogen) atoms. The van der Waals surface area contributed by atoms with Gasteiger partial charge in [-0.25, -0.2) is 4.98 Å². The van der Waals surface area contributed by atoms with Crippen LogP contribution in [0.5, 0.6) is 0 Å². The Morgan fingerprint density at radius 2 is 2.21 bits per heavy atom. The highest BCUT2D eigenvalue weighted by Crippen LogP contribution is 2.25. The molecular weight excluding hydrogens is 194 g/mol. The number of nitrogens with zero attached hydrogens (tertiary/aromatic N) is 2. The largest absolute Gasteiger partial charge is 0.330 e. The van der Waals surface area contributed by atoms with Gasteiger partial charge in [0, 0.05) is 12.6 Å². The summed E-state index contributed by atoms with van der Waals surface area (Å²) >= 11 is 1.61. The molecule has 0 aromatic carbocycles. The summed E-state index contributed by atoms with van der Waals surface area (Å²) in [5.41, 5.74) is 9.39. The van der Waals surface area contributed by atoms with Gasteiger partial charge in [0.1, 0.15) is 0 Å². The summed E-state index contributed by atoms with van der Waals surface area (Å²) in [5, 5.41) is 0. The van der Waals surface area contributed by atoms with Crippen LogP contribution in [0.3, 0.4) is 0 Å². The van der Waals surface area contributed by atoms with Crippen LogP contribution in [0.1, 0.15) is 5.69 Å². The van der Waals surface area contributed by atoms with Crippen LogP contribution in [0.15, 0.2) is 29.9 Å². The number of aromatic nitrogens is 2. The highest BCUT2D eigenvalue weighted by Gasteiger charge is 2.07. The number of hydrogen-bond acceptors (Lipinski definition) is 4. The van der Waals surface area contributed by atoms with Crippen molar-refractivity contribution >= 4 is 11.3 Å². The molecule has 2 aromatic rings. The van der Waals surface area contributed by atoms with Crippen LogP contribution in [0, 0.1) is 0 Å². The molecule has 2 heterocycles. The average Bonchev–Trinajstić information content (AvgIpc) is 2.68. The van der Waals surface area contributed by atoms with Gasteiger partial charge in [-0.15, -0.1) is 11.3 Å². The van der Waals surface area contributed by atoms with Crippen molar-refractivity contribution in [2.75, 3.05) is 6.54 Å². The maximum atomic E-state index is 5.51. The Kier molecular flexibility index (Phi) is 2.86. The standard InChI is InChI=1S/C10H11N3S/c11-5-4-9-10(14-7-13-9)8-3-1-2-6-12-8/h1-3,6-7H,4-5,11H2. The third kappa shape index (κ3) is 1.81. The minimum atomic E-state index is 0.629. The fraction of sp³-hybridized carbons (Fsp3) is 0.200.